The molecule has 2 amide bonds. The number of halogens is 4. The van der Waals surface area contributed by atoms with Gasteiger partial charge in [0.2, 0.25) is 15.9 Å². The van der Waals surface area contributed by atoms with Gasteiger partial charge in [0.25, 0.3) is 5.91 Å². The van der Waals surface area contributed by atoms with Gasteiger partial charge in [-0.1, -0.05) is 91.4 Å². The molecule has 2 atom stereocenters. The first-order valence-electron chi connectivity index (χ1n) is 16.4. The van der Waals surface area contributed by atoms with Gasteiger partial charge in [-0.05, 0) is 71.3 Å². The van der Waals surface area contributed by atoms with Crippen molar-refractivity contribution in [3.8, 4) is 0 Å². The molecule has 0 radical (unpaired) electrons. The van der Waals surface area contributed by atoms with Crippen molar-refractivity contribution in [2.45, 2.75) is 61.9 Å². The van der Waals surface area contributed by atoms with Crippen molar-refractivity contribution >= 4 is 85.9 Å². The fraction of sp³-hybridized carbons (Fsp3) is 0.270. The molecule has 1 fully saturated rings. The number of aromatic nitrogens is 1. The fourth-order valence-electron chi connectivity index (χ4n) is 6.35. The Balaban J connectivity index is 1.53. The number of hydrogen-bond donors (Lipinski definition) is 4. The number of aliphatic carboxylic acids is 1. The summed E-state index contributed by atoms with van der Waals surface area (Å²) in [6.07, 6.45) is 2.23. The van der Waals surface area contributed by atoms with Crippen LogP contribution in [0.25, 0.3) is 0 Å². The monoisotopic (exact) mass is 834 g/mol. The van der Waals surface area contributed by atoms with E-state index < -0.39 is 50.8 Å². The second-order valence-electron chi connectivity index (χ2n) is 13.7. The highest BCUT2D eigenvalue weighted by molar-refractivity contribution is 7.89. The van der Waals surface area contributed by atoms with E-state index in [0.717, 1.165) is 16.4 Å². The van der Waals surface area contributed by atoms with Crippen LogP contribution in [0, 0.1) is 0 Å². The number of nitrogens with one attached hydrogen (secondary N) is 2. The van der Waals surface area contributed by atoms with Crippen LogP contribution in [0.15, 0.2) is 78.0 Å². The molecule has 0 spiro atoms. The molecule has 5 rings (SSSR count). The quantitative estimate of drug-likeness (QED) is 0.119. The Kier molecular flexibility index (Phi) is 12.0. The lowest BCUT2D eigenvalue weighted by molar-refractivity contribution is -0.143. The highest BCUT2D eigenvalue weighted by atomic mass is 35.5. The molecule has 0 aliphatic carbocycles. The van der Waals surface area contributed by atoms with E-state index in [1.54, 1.807) is 6.07 Å². The predicted octanol–water partition coefficient (Wildman–Crippen LogP) is 7.44. The molecule has 12 nitrogen and oxygen atoms in total. The number of carbonyl (C=O) groups excluding carboxylic acids is 2. The zero-order valence-corrected chi connectivity index (χ0v) is 32.8. The molecular formula is C37H34Cl4N4O8S. The Morgan fingerprint density at radius 1 is 0.907 bits per heavy atom. The number of anilines is 1. The smallest absolute Gasteiger partial charge is 0.336 e. The summed E-state index contributed by atoms with van der Waals surface area (Å²) in [5, 5.41) is 26.0. The lowest BCUT2D eigenvalue weighted by Gasteiger charge is -2.38. The number of sulfonamides is 1. The Morgan fingerprint density at radius 2 is 1.52 bits per heavy atom. The maximum absolute atomic E-state index is 14.7. The van der Waals surface area contributed by atoms with Gasteiger partial charge in [0, 0.05) is 41.1 Å². The van der Waals surface area contributed by atoms with Crippen molar-refractivity contribution in [2.75, 3.05) is 11.9 Å². The number of pyridine rings is 1. The third-order valence-corrected chi connectivity index (χ3v) is 11.9. The second-order valence-corrected chi connectivity index (χ2v) is 17.2. The minimum absolute atomic E-state index is 0.0116. The summed E-state index contributed by atoms with van der Waals surface area (Å²) in [6, 6.07) is 12.6. The van der Waals surface area contributed by atoms with E-state index >= 15 is 0 Å². The zero-order chi connectivity index (χ0) is 39.7. The molecule has 1 unspecified atom stereocenters. The number of carboxylic acids is 2. The van der Waals surface area contributed by atoms with Crippen molar-refractivity contribution in [3.05, 3.63) is 121 Å². The van der Waals surface area contributed by atoms with E-state index in [1.807, 2.05) is 20.8 Å². The number of rotatable bonds is 11. The number of aromatic carboxylic acids is 1. The minimum Gasteiger partial charge on any atom is -0.480 e. The molecule has 0 saturated carbocycles. The molecule has 4 N–H and O–H groups in total. The average Bonchev–Trinajstić information content (AvgIpc) is 3.55. The SMILES string of the molecule is CC(C)(C)c1ccc(C2(C(=O)N[C@@H](Cc3ccc(NC(=O)c4c(Cl)cncc4Cl)cc3)C(=O)O)CCCN2S(=O)(=O)c2cc(Cl)cc(Cl)c2)c(C(=O)O)c1. The topological polar surface area (TPSA) is 183 Å². The second kappa shape index (κ2) is 15.9. The molecule has 1 saturated heterocycles. The number of hydrogen-bond acceptors (Lipinski definition) is 7. The summed E-state index contributed by atoms with van der Waals surface area (Å²) in [7, 11) is -4.61. The molecule has 1 aliphatic rings. The van der Waals surface area contributed by atoms with Crippen molar-refractivity contribution in [1.29, 1.82) is 0 Å². The van der Waals surface area contributed by atoms with Crippen LogP contribution >= 0.6 is 46.4 Å². The van der Waals surface area contributed by atoms with E-state index in [0.29, 0.717) is 16.8 Å². The van der Waals surface area contributed by atoms with Gasteiger partial charge in [0.1, 0.15) is 11.6 Å². The number of carbonyl (C=O) groups is 4. The van der Waals surface area contributed by atoms with E-state index in [-0.39, 0.29) is 67.5 Å². The molecule has 17 heteroatoms. The Hall–Kier alpha value is -4.24. The van der Waals surface area contributed by atoms with Crippen LogP contribution in [0.5, 0.6) is 0 Å². The molecule has 3 aromatic carbocycles. The van der Waals surface area contributed by atoms with Crippen LogP contribution in [-0.2, 0) is 37.0 Å². The first kappa shape index (κ1) is 40.9. The normalized spacial score (nSPS) is 16.8. The van der Waals surface area contributed by atoms with Crippen LogP contribution < -0.4 is 10.6 Å². The van der Waals surface area contributed by atoms with Crippen LogP contribution in [0.2, 0.25) is 20.1 Å². The molecule has 1 aliphatic heterocycles. The summed E-state index contributed by atoms with van der Waals surface area (Å²) >= 11 is 24.5. The summed E-state index contributed by atoms with van der Waals surface area (Å²) in [6.45, 7) is 5.40. The van der Waals surface area contributed by atoms with Gasteiger partial charge in [-0.15, -0.1) is 0 Å². The summed E-state index contributed by atoms with van der Waals surface area (Å²) in [5.74, 6) is -4.49. The zero-order valence-electron chi connectivity index (χ0n) is 29.0. The summed E-state index contributed by atoms with van der Waals surface area (Å²) in [4.78, 5) is 56.6. The third kappa shape index (κ3) is 8.36. The number of amides is 2. The van der Waals surface area contributed by atoms with Crippen LogP contribution in [0.4, 0.5) is 5.69 Å². The van der Waals surface area contributed by atoms with Gasteiger partial charge >= 0.3 is 11.9 Å². The fourth-order valence-corrected chi connectivity index (χ4v) is 9.40. The van der Waals surface area contributed by atoms with Gasteiger partial charge in [0.05, 0.1) is 26.1 Å². The van der Waals surface area contributed by atoms with Gasteiger partial charge in [-0.2, -0.15) is 4.31 Å². The Labute approximate surface area is 331 Å². The highest BCUT2D eigenvalue weighted by Gasteiger charge is 2.56. The Morgan fingerprint density at radius 3 is 2.07 bits per heavy atom. The first-order chi connectivity index (χ1) is 25.2. The number of benzene rings is 3. The molecule has 0 bridgehead atoms. The molecule has 4 aromatic rings. The van der Waals surface area contributed by atoms with E-state index in [4.69, 9.17) is 46.4 Å². The minimum atomic E-state index is -4.61. The molecular weight excluding hydrogens is 802 g/mol. The van der Waals surface area contributed by atoms with Gasteiger partial charge in [0.15, 0.2) is 0 Å². The molecule has 54 heavy (non-hydrogen) atoms. The van der Waals surface area contributed by atoms with Gasteiger partial charge in [-0.3, -0.25) is 14.6 Å². The van der Waals surface area contributed by atoms with Crippen LogP contribution in [-0.4, -0.2) is 64.3 Å². The lowest BCUT2D eigenvalue weighted by Crippen LogP contribution is -2.58. The Bertz CT molecular complexity index is 2220. The van der Waals surface area contributed by atoms with Crippen LogP contribution in [0.1, 0.15) is 71.0 Å². The van der Waals surface area contributed by atoms with Crippen molar-refractivity contribution in [2.24, 2.45) is 0 Å². The van der Waals surface area contributed by atoms with E-state index in [1.165, 1.54) is 54.9 Å². The third-order valence-electron chi connectivity index (χ3n) is 9.02. The predicted molar refractivity (Wildman–Crippen MR) is 205 cm³/mol. The molecule has 284 valence electrons. The van der Waals surface area contributed by atoms with Crippen molar-refractivity contribution in [3.63, 3.8) is 0 Å². The average molecular weight is 837 g/mol. The number of carboxylic acid groups (broad SMARTS) is 2. The largest absolute Gasteiger partial charge is 0.480 e. The maximum Gasteiger partial charge on any atom is 0.336 e. The maximum atomic E-state index is 14.7. The highest BCUT2D eigenvalue weighted by Crippen LogP contribution is 2.45. The van der Waals surface area contributed by atoms with Crippen LogP contribution in [0.3, 0.4) is 0 Å². The number of nitrogens with zero attached hydrogens (tertiary/aromatic N) is 2. The summed E-state index contributed by atoms with van der Waals surface area (Å²) < 4.78 is 29.7. The molecule has 2 heterocycles. The van der Waals surface area contributed by atoms with Crippen molar-refractivity contribution in [1.82, 2.24) is 14.6 Å². The standard InChI is InChI=1S/C37H34Cl4N4O8S/c1-36(2,3)21-7-10-27(26(14-21)33(47)48)37(11-4-12-45(37)54(52,53)25-16-22(38)15-23(39)17-25)35(51)44-30(34(49)50)13-20-5-8-24(9-6-20)43-32(46)31-28(40)18-42-19-29(31)41/h5-10,14-19,30H,4,11-13H2,1-3H3,(H,43,46)(H,44,51)(H,47,48)(H,49,50)/t30-,37?/m0/s1. The summed E-state index contributed by atoms with van der Waals surface area (Å²) in [5.41, 5.74) is -1.77. The van der Waals surface area contributed by atoms with E-state index in [9.17, 15) is 37.8 Å². The molecule has 1 aromatic heterocycles. The lowest BCUT2D eigenvalue weighted by atomic mass is 9.79. The van der Waals surface area contributed by atoms with Gasteiger partial charge in [-0.25, -0.2) is 18.0 Å². The first-order valence-corrected chi connectivity index (χ1v) is 19.3. The van der Waals surface area contributed by atoms with Crippen molar-refractivity contribution < 1.29 is 37.8 Å². The van der Waals surface area contributed by atoms with Gasteiger partial charge < -0.3 is 20.8 Å². The van der Waals surface area contributed by atoms with E-state index in [2.05, 4.69) is 15.6 Å².